The van der Waals surface area contributed by atoms with E-state index < -0.39 is 0 Å². The molecule has 0 aliphatic rings. The summed E-state index contributed by atoms with van der Waals surface area (Å²) in [5, 5.41) is 0.664. The van der Waals surface area contributed by atoms with E-state index in [0.29, 0.717) is 18.2 Å². The third-order valence-corrected chi connectivity index (χ3v) is 5.24. The molecule has 0 bridgehead atoms. The van der Waals surface area contributed by atoms with Crippen molar-refractivity contribution in [3.05, 3.63) is 58.0 Å². The van der Waals surface area contributed by atoms with Crippen molar-refractivity contribution in [1.82, 2.24) is 9.97 Å². The van der Waals surface area contributed by atoms with Gasteiger partial charge in [0.2, 0.25) is 0 Å². The number of carbonyl (C=O) groups excluding carboxylic acids is 1. The number of thioether (sulfide) groups is 1. The number of H-pyrrole nitrogens is 1. The first-order valence-electron chi connectivity index (χ1n) is 9.58. The maximum Gasteiger partial charge on any atom is 0.305 e. The number of aromatic amines is 1. The molecule has 0 saturated heterocycles. The molecule has 0 fully saturated rings. The minimum Gasteiger partial charge on any atom is -0.466 e. The van der Waals surface area contributed by atoms with Crippen LogP contribution in [-0.2, 0) is 9.53 Å². The van der Waals surface area contributed by atoms with Crippen LogP contribution in [0, 0.1) is 0 Å². The number of aromatic nitrogens is 2. The lowest BCUT2D eigenvalue weighted by Crippen LogP contribution is -2.13. The Morgan fingerprint density at radius 1 is 1.19 bits per heavy atom. The van der Waals surface area contributed by atoms with Gasteiger partial charge in [-0.15, -0.1) is 0 Å². The fraction of sp³-hybridized carbons (Fsp3) is 0.476. The van der Waals surface area contributed by atoms with E-state index in [0.717, 1.165) is 37.1 Å². The van der Waals surface area contributed by atoms with E-state index in [1.165, 1.54) is 5.56 Å². The van der Waals surface area contributed by atoms with Gasteiger partial charge >= 0.3 is 5.97 Å². The Balaban J connectivity index is 1.89. The highest BCUT2D eigenvalue weighted by Crippen LogP contribution is 2.26. The van der Waals surface area contributed by atoms with Crippen LogP contribution in [0.1, 0.15) is 63.1 Å². The van der Waals surface area contributed by atoms with Crippen molar-refractivity contribution >= 4 is 17.7 Å². The Morgan fingerprint density at radius 3 is 2.67 bits per heavy atom. The van der Waals surface area contributed by atoms with Gasteiger partial charge in [0.25, 0.3) is 5.56 Å². The molecule has 1 heterocycles. The molecule has 1 atom stereocenters. The Kier molecular flexibility index (Phi) is 9.11. The van der Waals surface area contributed by atoms with E-state index in [-0.39, 0.29) is 17.4 Å². The van der Waals surface area contributed by atoms with E-state index in [1.54, 1.807) is 17.8 Å². The molecule has 1 aromatic carbocycles. The van der Waals surface area contributed by atoms with Crippen molar-refractivity contribution in [3.63, 3.8) is 0 Å². The Bertz CT molecular complexity index is 762. The van der Waals surface area contributed by atoms with Gasteiger partial charge in [0.05, 0.1) is 12.3 Å². The molecule has 1 N–H and O–H groups in total. The van der Waals surface area contributed by atoms with Crippen molar-refractivity contribution in [2.75, 3.05) is 12.4 Å². The summed E-state index contributed by atoms with van der Waals surface area (Å²) in [6, 6.07) is 11.8. The summed E-state index contributed by atoms with van der Waals surface area (Å²) in [6.07, 6.45) is 4.11. The predicted octanol–water partition coefficient (Wildman–Crippen LogP) is 4.53. The highest BCUT2D eigenvalue weighted by atomic mass is 32.2. The first kappa shape index (κ1) is 21.2. The van der Waals surface area contributed by atoms with E-state index in [9.17, 15) is 9.59 Å². The number of rotatable bonds is 11. The number of ether oxygens (including phenoxy) is 1. The molecule has 2 aromatic rings. The van der Waals surface area contributed by atoms with Gasteiger partial charge in [-0.25, -0.2) is 4.98 Å². The Morgan fingerprint density at radius 2 is 1.96 bits per heavy atom. The van der Waals surface area contributed by atoms with Crippen molar-refractivity contribution in [2.24, 2.45) is 0 Å². The number of nitrogens with one attached hydrogen (secondary N) is 1. The molecule has 0 amide bonds. The van der Waals surface area contributed by atoms with Crippen LogP contribution in [-0.4, -0.2) is 28.3 Å². The van der Waals surface area contributed by atoms with Crippen molar-refractivity contribution in [1.29, 1.82) is 0 Å². The fourth-order valence-corrected chi connectivity index (χ4v) is 3.84. The van der Waals surface area contributed by atoms with Crippen LogP contribution < -0.4 is 5.56 Å². The van der Waals surface area contributed by atoms with Crippen LogP contribution in [0.3, 0.4) is 0 Å². The van der Waals surface area contributed by atoms with Gasteiger partial charge in [0.15, 0.2) is 5.16 Å². The van der Waals surface area contributed by atoms with Crippen LogP contribution >= 0.6 is 11.8 Å². The van der Waals surface area contributed by atoms with Gasteiger partial charge in [-0.3, -0.25) is 9.59 Å². The van der Waals surface area contributed by atoms with Crippen LogP contribution in [0.2, 0.25) is 0 Å². The minimum absolute atomic E-state index is 0.112. The summed E-state index contributed by atoms with van der Waals surface area (Å²) in [4.78, 5) is 30.9. The topological polar surface area (TPSA) is 72.0 Å². The molecular weight excluding hydrogens is 360 g/mol. The number of unbranched alkanes of at least 4 members (excludes halogenated alkanes) is 2. The highest BCUT2D eigenvalue weighted by Gasteiger charge is 2.15. The average molecular weight is 389 g/mol. The number of nitrogens with zero attached hydrogens (tertiary/aromatic N) is 1. The molecule has 5 nitrogen and oxygen atoms in total. The molecule has 0 saturated carbocycles. The lowest BCUT2D eigenvalue weighted by atomic mass is 9.93. The van der Waals surface area contributed by atoms with Crippen LogP contribution in [0.4, 0.5) is 0 Å². The lowest BCUT2D eigenvalue weighted by Gasteiger charge is -2.15. The van der Waals surface area contributed by atoms with E-state index in [1.807, 2.05) is 25.1 Å². The quantitative estimate of drug-likeness (QED) is 0.265. The third-order valence-electron chi connectivity index (χ3n) is 4.28. The Hall–Kier alpha value is -2.08. The monoisotopic (exact) mass is 388 g/mol. The first-order chi connectivity index (χ1) is 13.1. The lowest BCUT2D eigenvalue weighted by molar-refractivity contribution is -0.143. The molecule has 6 heteroatoms. The second kappa shape index (κ2) is 11.6. The summed E-state index contributed by atoms with van der Waals surface area (Å²) in [6.45, 7) is 4.36. The minimum atomic E-state index is -0.129. The van der Waals surface area contributed by atoms with Crippen molar-refractivity contribution in [3.8, 4) is 0 Å². The second-order valence-electron chi connectivity index (χ2n) is 6.31. The van der Waals surface area contributed by atoms with E-state index >= 15 is 0 Å². The highest BCUT2D eigenvalue weighted by molar-refractivity contribution is 7.99. The van der Waals surface area contributed by atoms with Gasteiger partial charge in [0.1, 0.15) is 0 Å². The summed E-state index contributed by atoms with van der Waals surface area (Å²) >= 11 is 1.56. The van der Waals surface area contributed by atoms with E-state index in [2.05, 4.69) is 29.0 Å². The molecular formula is C21H28N2O3S. The van der Waals surface area contributed by atoms with Gasteiger partial charge in [-0.2, -0.15) is 0 Å². The number of hydrogen-bond donors (Lipinski definition) is 1. The fourth-order valence-electron chi connectivity index (χ4n) is 2.95. The van der Waals surface area contributed by atoms with Gasteiger partial charge in [-0.1, -0.05) is 55.4 Å². The zero-order valence-corrected chi connectivity index (χ0v) is 16.9. The number of carbonyl (C=O) groups is 1. The van der Waals surface area contributed by atoms with Crippen molar-refractivity contribution in [2.45, 2.75) is 57.0 Å². The SMILES string of the molecule is CCOC(=O)CCCCCSc1nc(C(CC)c2ccccc2)cc(=O)[nH]1. The molecule has 1 unspecified atom stereocenters. The standard InChI is InChI=1S/C21H28N2O3S/c1-3-17(16-11-7-5-8-12-16)18-15-19(24)23-21(22-18)27-14-10-6-9-13-20(25)26-4-2/h5,7-8,11-12,15,17H,3-4,6,9-10,13-14H2,1-2H3,(H,22,23,24). The smallest absolute Gasteiger partial charge is 0.305 e. The maximum atomic E-state index is 12.1. The van der Waals surface area contributed by atoms with Crippen molar-refractivity contribution < 1.29 is 9.53 Å². The number of benzene rings is 1. The normalized spacial score (nSPS) is 11.9. The first-order valence-corrected chi connectivity index (χ1v) is 10.6. The zero-order chi connectivity index (χ0) is 19.5. The summed E-state index contributed by atoms with van der Waals surface area (Å²) in [5.74, 6) is 0.852. The zero-order valence-electron chi connectivity index (χ0n) is 16.1. The summed E-state index contributed by atoms with van der Waals surface area (Å²) < 4.78 is 4.92. The van der Waals surface area contributed by atoms with Gasteiger partial charge < -0.3 is 9.72 Å². The predicted molar refractivity (Wildman–Crippen MR) is 109 cm³/mol. The summed E-state index contributed by atoms with van der Waals surface area (Å²) in [5.41, 5.74) is 1.88. The molecule has 0 aliphatic heterocycles. The maximum absolute atomic E-state index is 12.1. The number of esters is 1. The van der Waals surface area contributed by atoms with Gasteiger partial charge in [-0.05, 0) is 31.7 Å². The number of hydrogen-bond acceptors (Lipinski definition) is 5. The van der Waals surface area contributed by atoms with Gasteiger partial charge in [0, 0.05) is 24.2 Å². The molecule has 1 aromatic heterocycles. The van der Waals surface area contributed by atoms with Crippen LogP contribution in [0.5, 0.6) is 0 Å². The van der Waals surface area contributed by atoms with Crippen LogP contribution in [0.15, 0.2) is 46.3 Å². The summed E-state index contributed by atoms with van der Waals surface area (Å²) in [7, 11) is 0. The molecule has 0 radical (unpaired) electrons. The van der Waals surface area contributed by atoms with E-state index in [4.69, 9.17) is 4.74 Å². The molecule has 0 aliphatic carbocycles. The third kappa shape index (κ3) is 7.21. The second-order valence-corrected chi connectivity index (χ2v) is 7.39. The van der Waals surface area contributed by atoms with Crippen LogP contribution in [0.25, 0.3) is 0 Å². The molecule has 2 rings (SSSR count). The molecule has 0 spiro atoms. The molecule has 27 heavy (non-hydrogen) atoms. The average Bonchev–Trinajstić information content (AvgIpc) is 2.66. The Labute approximate surface area is 165 Å². The molecule has 146 valence electrons. The largest absolute Gasteiger partial charge is 0.466 e.